The highest BCUT2D eigenvalue weighted by Crippen LogP contribution is 2.15. The summed E-state index contributed by atoms with van der Waals surface area (Å²) in [5, 5.41) is 2.82. The van der Waals surface area contributed by atoms with Crippen LogP contribution in [0.1, 0.15) is 54.2 Å². The molecule has 23 heavy (non-hydrogen) atoms. The first kappa shape index (κ1) is 17.0. The first-order chi connectivity index (χ1) is 11.1. The van der Waals surface area contributed by atoms with Crippen molar-refractivity contribution in [3.8, 4) is 0 Å². The van der Waals surface area contributed by atoms with Crippen molar-refractivity contribution in [3.05, 3.63) is 35.9 Å². The van der Waals surface area contributed by atoms with Gasteiger partial charge in [0.05, 0.1) is 5.52 Å². The Labute approximate surface area is 136 Å². The van der Waals surface area contributed by atoms with Gasteiger partial charge < -0.3 is 10.2 Å². The van der Waals surface area contributed by atoms with E-state index < -0.39 is 0 Å². The molecule has 6 heteroatoms. The number of hydrogen-bond acceptors (Lipinski definition) is 3. The zero-order valence-corrected chi connectivity index (χ0v) is 14.0. The number of rotatable bonds is 7. The average Bonchev–Trinajstić information content (AvgIpc) is 2.96. The topological polar surface area (TPSA) is 66.7 Å². The van der Waals surface area contributed by atoms with E-state index in [1.165, 1.54) is 0 Å². The van der Waals surface area contributed by atoms with E-state index in [9.17, 15) is 9.59 Å². The minimum absolute atomic E-state index is 0.172. The first-order valence-corrected chi connectivity index (χ1v) is 8.10. The van der Waals surface area contributed by atoms with Gasteiger partial charge >= 0.3 is 0 Å². The lowest BCUT2D eigenvalue weighted by Crippen LogP contribution is -2.29. The number of amides is 2. The molecule has 0 spiro atoms. The van der Waals surface area contributed by atoms with Gasteiger partial charge in [-0.3, -0.25) is 14.0 Å². The van der Waals surface area contributed by atoms with Crippen molar-refractivity contribution in [2.75, 3.05) is 20.1 Å². The highest BCUT2D eigenvalue weighted by molar-refractivity contribution is 6.02. The van der Waals surface area contributed by atoms with Gasteiger partial charge in [0.1, 0.15) is 0 Å². The number of carbonyl (C=O) groups is 2. The lowest BCUT2D eigenvalue weighted by molar-refractivity contribution is 0.0780. The molecule has 0 aliphatic carbocycles. The van der Waals surface area contributed by atoms with Crippen molar-refractivity contribution >= 4 is 17.3 Å². The molecule has 2 aromatic heterocycles. The second kappa shape index (κ2) is 7.76. The summed E-state index contributed by atoms with van der Waals surface area (Å²) in [4.78, 5) is 30.9. The lowest BCUT2D eigenvalue weighted by atomic mass is 10.3. The molecule has 0 atom stereocenters. The molecular weight excluding hydrogens is 292 g/mol. The lowest BCUT2D eigenvalue weighted by Gasteiger charge is -2.15. The summed E-state index contributed by atoms with van der Waals surface area (Å²) < 4.78 is 1.69. The second-order valence-electron chi connectivity index (χ2n) is 5.58. The fourth-order valence-corrected chi connectivity index (χ4v) is 2.35. The Morgan fingerprint density at radius 2 is 2.04 bits per heavy atom. The van der Waals surface area contributed by atoms with Gasteiger partial charge in [0.25, 0.3) is 11.8 Å². The minimum atomic E-state index is -0.245. The van der Waals surface area contributed by atoms with Crippen molar-refractivity contribution in [3.63, 3.8) is 0 Å². The number of aromatic nitrogens is 2. The van der Waals surface area contributed by atoms with Gasteiger partial charge in [-0.2, -0.15) is 0 Å². The molecule has 2 rings (SSSR count). The van der Waals surface area contributed by atoms with Gasteiger partial charge in [0, 0.05) is 26.3 Å². The van der Waals surface area contributed by atoms with Gasteiger partial charge in [-0.25, -0.2) is 4.98 Å². The Morgan fingerprint density at radius 3 is 2.74 bits per heavy atom. The molecule has 2 heterocycles. The fourth-order valence-electron chi connectivity index (χ4n) is 2.35. The third kappa shape index (κ3) is 3.70. The number of hydrogen-bond donors (Lipinski definition) is 1. The molecule has 1 N–H and O–H groups in total. The van der Waals surface area contributed by atoms with Crippen LogP contribution in [0.25, 0.3) is 5.52 Å². The molecule has 124 valence electrons. The van der Waals surface area contributed by atoms with Crippen LogP contribution in [-0.2, 0) is 0 Å². The maximum atomic E-state index is 12.6. The van der Waals surface area contributed by atoms with Crippen molar-refractivity contribution in [1.29, 1.82) is 0 Å². The van der Waals surface area contributed by atoms with E-state index >= 15 is 0 Å². The Kier molecular flexibility index (Phi) is 5.73. The highest BCUT2D eigenvalue weighted by Gasteiger charge is 2.23. The quantitative estimate of drug-likeness (QED) is 0.852. The standard InChI is InChI=1S/C17H24N4O2/c1-4-6-11-20(3)17(23)15-19-14(16(22)18-10-5-2)13-9-7-8-12-21(13)15/h7-9,12H,4-6,10-11H2,1-3H3,(H,18,22). The molecule has 0 aromatic carbocycles. The van der Waals surface area contributed by atoms with Crippen molar-refractivity contribution in [2.24, 2.45) is 0 Å². The third-order valence-electron chi connectivity index (χ3n) is 3.68. The van der Waals surface area contributed by atoms with Crippen molar-refractivity contribution in [2.45, 2.75) is 33.1 Å². The molecule has 0 unspecified atom stereocenters. The fraction of sp³-hybridized carbons (Fsp3) is 0.471. The number of nitrogens with zero attached hydrogens (tertiary/aromatic N) is 3. The van der Waals surface area contributed by atoms with Crippen LogP contribution in [0.15, 0.2) is 24.4 Å². The monoisotopic (exact) mass is 316 g/mol. The van der Waals surface area contributed by atoms with E-state index in [-0.39, 0.29) is 17.6 Å². The van der Waals surface area contributed by atoms with Crippen LogP contribution in [-0.4, -0.2) is 46.2 Å². The molecular formula is C17H24N4O2. The first-order valence-electron chi connectivity index (χ1n) is 8.10. The van der Waals surface area contributed by atoms with Crippen LogP contribution in [0.2, 0.25) is 0 Å². The van der Waals surface area contributed by atoms with E-state index in [1.54, 1.807) is 28.6 Å². The Hall–Kier alpha value is -2.37. The van der Waals surface area contributed by atoms with Gasteiger partial charge in [0.15, 0.2) is 5.69 Å². The van der Waals surface area contributed by atoms with Crippen molar-refractivity contribution in [1.82, 2.24) is 19.6 Å². The van der Waals surface area contributed by atoms with E-state index in [0.29, 0.717) is 24.3 Å². The molecule has 6 nitrogen and oxygen atoms in total. The van der Waals surface area contributed by atoms with Crippen LogP contribution < -0.4 is 5.32 Å². The van der Waals surface area contributed by atoms with E-state index in [4.69, 9.17) is 0 Å². The summed E-state index contributed by atoms with van der Waals surface area (Å²) in [7, 11) is 1.76. The third-order valence-corrected chi connectivity index (χ3v) is 3.68. The minimum Gasteiger partial charge on any atom is -0.351 e. The Morgan fingerprint density at radius 1 is 1.26 bits per heavy atom. The smallest absolute Gasteiger partial charge is 0.289 e. The SMILES string of the molecule is CCCCN(C)C(=O)c1nc(C(=O)NCCC)c2ccccn12. The molecule has 0 radical (unpaired) electrons. The molecule has 0 bridgehead atoms. The number of unbranched alkanes of at least 4 members (excludes halogenated alkanes) is 1. The van der Waals surface area contributed by atoms with Crippen molar-refractivity contribution < 1.29 is 9.59 Å². The maximum Gasteiger partial charge on any atom is 0.289 e. The maximum absolute atomic E-state index is 12.6. The van der Waals surface area contributed by atoms with Crippen LogP contribution in [0.3, 0.4) is 0 Å². The molecule has 0 saturated heterocycles. The Balaban J connectivity index is 2.37. The summed E-state index contributed by atoms with van der Waals surface area (Å²) in [6.45, 7) is 5.33. The van der Waals surface area contributed by atoms with Crippen LogP contribution in [0, 0.1) is 0 Å². The number of carbonyl (C=O) groups excluding carboxylic acids is 2. The summed E-state index contributed by atoms with van der Waals surface area (Å²) in [6.07, 6.45) is 4.57. The zero-order chi connectivity index (χ0) is 16.8. The largest absolute Gasteiger partial charge is 0.351 e. The molecule has 2 aromatic rings. The molecule has 0 aliphatic rings. The molecule has 2 amide bonds. The summed E-state index contributed by atoms with van der Waals surface area (Å²) in [5.41, 5.74) is 0.944. The van der Waals surface area contributed by atoms with Crippen LogP contribution in [0.5, 0.6) is 0 Å². The van der Waals surface area contributed by atoms with E-state index in [1.807, 2.05) is 19.1 Å². The summed E-state index contributed by atoms with van der Waals surface area (Å²) in [6, 6.07) is 5.46. The number of pyridine rings is 1. The van der Waals surface area contributed by atoms with E-state index in [2.05, 4.69) is 17.2 Å². The van der Waals surface area contributed by atoms with Gasteiger partial charge in [-0.15, -0.1) is 0 Å². The van der Waals surface area contributed by atoms with Gasteiger partial charge in [0.2, 0.25) is 5.82 Å². The number of fused-ring (bicyclic) bond motifs is 1. The second-order valence-corrected chi connectivity index (χ2v) is 5.58. The summed E-state index contributed by atoms with van der Waals surface area (Å²) in [5.74, 6) is -0.138. The zero-order valence-electron chi connectivity index (χ0n) is 14.0. The normalized spacial score (nSPS) is 10.7. The number of nitrogens with one attached hydrogen (secondary N) is 1. The molecule has 0 aliphatic heterocycles. The summed E-state index contributed by atoms with van der Waals surface area (Å²) >= 11 is 0. The predicted molar refractivity (Wildman–Crippen MR) is 89.7 cm³/mol. The van der Waals surface area contributed by atoms with Gasteiger partial charge in [-0.05, 0) is 25.0 Å². The van der Waals surface area contributed by atoms with Crippen LogP contribution in [0.4, 0.5) is 0 Å². The molecule has 0 saturated carbocycles. The number of imidazole rings is 1. The van der Waals surface area contributed by atoms with E-state index in [0.717, 1.165) is 19.3 Å². The average molecular weight is 316 g/mol. The predicted octanol–water partition coefficient (Wildman–Crippen LogP) is 2.35. The molecule has 0 fully saturated rings. The van der Waals surface area contributed by atoms with Gasteiger partial charge in [-0.1, -0.05) is 26.3 Å². The highest BCUT2D eigenvalue weighted by atomic mass is 16.2. The Bertz CT molecular complexity index is 693. The van der Waals surface area contributed by atoms with Crippen LogP contribution >= 0.6 is 0 Å².